The van der Waals surface area contributed by atoms with Crippen molar-refractivity contribution in [3.05, 3.63) is 42.6 Å². The van der Waals surface area contributed by atoms with Crippen molar-refractivity contribution >= 4 is 5.96 Å². The predicted molar refractivity (Wildman–Crippen MR) is 108 cm³/mol. The van der Waals surface area contributed by atoms with Crippen LogP contribution in [0.5, 0.6) is 0 Å². The number of rotatable bonds is 9. The van der Waals surface area contributed by atoms with Gasteiger partial charge in [0, 0.05) is 32.0 Å². The first-order valence-electron chi connectivity index (χ1n) is 10.1. The summed E-state index contributed by atoms with van der Waals surface area (Å²) in [5.74, 6) is 1.88. The molecule has 27 heavy (non-hydrogen) atoms. The van der Waals surface area contributed by atoms with Gasteiger partial charge in [0.05, 0.1) is 18.8 Å². The Morgan fingerprint density at radius 2 is 2.15 bits per heavy atom. The molecule has 0 aliphatic carbocycles. The maximum atomic E-state index is 5.72. The fourth-order valence-electron chi connectivity index (χ4n) is 3.50. The molecule has 2 aromatic rings. The zero-order valence-corrected chi connectivity index (χ0v) is 16.3. The van der Waals surface area contributed by atoms with Gasteiger partial charge in [-0.25, -0.2) is 0 Å². The minimum absolute atomic E-state index is 0.208. The van der Waals surface area contributed by atoms with Crippen molar-refractivity contribution < 1.29 is 4.42 Å². The van der Waals surface area contributed by atoms with E-state index in [-0.39, 0.29) is 6.04 Å². The van der Waals surface area contributed by atoms with E-state index in [1.165, 1.54) is 19.3 Å². The highest BCUT2D eigenvalue weighted by Gasteiger charge is 2.24. The predicted octanol–water partition coefficient (Wildman–Crippen LogP) is 2.65. The van der Waals surface area contributed by atoms with Gasteiger partial charge in [-0.1, -0.05) is 6.42 Å². The van der Waals surface area contributed by atoms with Crippen molar-refractivity contribution in [1.82, 2.24) is 25.3 Å². The summed E-state index contributed by atoms with van der Waals surface area (Å²) in [4.78, 5) is 7.36. The van der Waals surface area contributed by atoms with Crippen molar-refractivity contribution in [2.24, 2.45) is 4.99 Å². The Balaban J connectivity index is 1.55. The van der Waals surface area contributed by atoms with Gasteiger partial charge in [0.1, 0.15) is 5.76 Å². The minimum Gasteiger partial charge on any atom is -0.468 e. The second kappa shape index (κ2) is 10.8. The topological polar surface area (TPSA) is 70.6 Å². The summed E-state index contributed by atoms with van der Waals surface area (Å²) < 4.78 is 7.67. The molecule has 7 heteroatoms. The van der Waals surface area contributed by atoms with Crippen molar-refractivity contribution in [3.63, 3.8) is 0 Å². The molecule has 1 fully saturated rings. The van der Waals surface area contributed by atoms with Crippen LogP contribution in [0.25, 0.3) is 0 Å². The van der Waals surface area contributed by atoms with E-state index in [1.54, 1.807) is 6.26 Å². The fraction of sp³-hybridized carbons (Fsp3) is 0.600. The molecule has 0 spiro atoms. The SMILES string of the molecule is CCNC(=NCC(c1ccco1)N1CCCCC1)NCCCn1cccn1. The number of aliphatic imine (C=N–C) groups is 1. The molecule has 0 amide bonds. The lowest BCUT2D eigenvalue weighted by atomic mass is 10.1. The van der Waals surface area contributed by atoms with Gasteiger partial charge < -0.3 is 15.1 Å². The molecule has 3 heterocycles. The van der Waals surface area contributed by atoms with E-state index in [0.29, 0.717) is 6.54 Å². The quantitative estimate of drug-likeness (QED) is 0.402. The largest absolute Gasteiger partial charge is 0.468 e. The maximum absolute atomic E-state index is 5.72. The molecule has 1 unspecified atom stereocenters. The summed E-state index contributed by atoms with van der Waals surface area (Å²) in [6, 6.07) is 6.20. The van der Waals surface area contributed by atoms with E-state index in [1.807, 2.05) is 29.2 Å². The van der Waals surface area contributed by atoms with Gasteiger partial charge >= 0.3 is 0 Å². The van der Waals surface area contributed by atoms with E-state index in [2.05, 4.69) is 33.6 Å². The van der Waals surface area contributed by atoms with Crippen LogP contribution in [0.15, 0.2) is 46.3 Å². The van der Waals surface area contributed by atoms with E-state index >= 15 is 0 Å². The molecule has 1 aliphatic rings. The van der Waals surface area contributed by atoms with Gasteiger partial charge in [0.25, 0.3) is 0 Å². The van der Waals surface area contributed by atoms with Crippen LogP contribution in [-0.4, -0.2) is 53.4 Å². The smallest absolute Gasteiger partial charge is 0.191 e. The van der Waals surface area contributed by atoms with Gasteiger partial charge in [0.15, 0.2) is 5.96 Å². The van der Waals surface area contributed by atoms with Crippen LogP contribution < -0.4 is 10.6 Å². The highest BCUT2D eigenvalue weighted by atomic mass is 16.3. The number of nitrogens with zero attached hydrogens (tertiary/aromatic N) is 4. The first kappa shape index (κ1) is 19.5. The van der Waals surface area contributed by atoms with Gasteiger partial charge in [-0.2, -0.15) is 5.10 Å². The third-order valence-electron chi connectivity index (χ3n) is 4.89. The van der Waals surface area contributed by atoms with Crippen LogP contribution in [0.2, 0.25) is 0 Å². The van der Waals surface area contributed by atoms with Crippen LogP contribution in [0.3, 0.4) is 0 Å². The zero-order chi connectivity index (χ0) is 18.7. The number of hydrogen-bond acceptors (Lipinski definition) is 4. The van der Waals surface area contributed by atoms with E-state index in [9.17, 15) is 0 Å². The second-order valence-corrected chi connectivity index (χ2v) is 6.90. The Bertz CT molecular complexity index is 646. The molecule has 7 nitrogen and oxygen atoms in total. The molecule has 1 saturated heterocycles. The normalized spacial score (nSPS) is 17.0. The molecule has 0 saturated carbocycles. The fourth-order valence-corrected chi connectivity index (χ4v) is 3.50. The highest BCUT2D eigenvalue weighted by Crippen LogP contribution is 2.25. The van der Waals surface area contributed by atoms with Crippen molar-refractivity contribution in [3.8, 4) is 0 Å². The molecule has 0 aromatic carbocycles. The van der Waals surface area contributed by atoms with E-state index < -0.39 is 0 Å². The summed E-state index contributed by atoms with van der Waals surface area (Å²) in [5, 5.41) is 11.0. The lowest BCUT2D eigenvalue weighted by Crippen LogP contribution is -2.40. The monoisotopic (exact) mass is 372 g/mol. The van der Waals surface area contributed by atoms with Crippen molar-refractivity contribution in [2.45, 2.75) is 45.2 Å². The van der Waals surface area contributed by atoms with Gasteiger partial charge in [-0.3, -0.25) is 14.6 Å². The molecule has 2 aromatic heterocycles. The number of aryl methyl sites for hydroxylation is 1. The molecule has 0 bridgehead atoms. The summed E-state index contributed by atoms with van der Waals surface area (Å²) >= 11 is 0. The molecule has 3 rings (SSSR count). The molecule has 2 N–H and O–H groups in total. The van der Waals surface area contributed by atoms with Gasteiger partial charge in [-0.15, -0.1) is 0 Å². The molecular formula is C20H32N6O. The summed E-state index contributed by atoms with van der Waals surface area (Å²) in [6.45, 7) is 7.64. The van der Waals surface area contributed by atoms with Crippen molar-refractivity contribution in [2.75, 3.05) is 32.7 Å². The molecule has 148 valence electrons. The molecule has 1 atom stereocenters. The third kappa shape index (κ3) is 6.13. The zero-order valence-electron chi connectivity index (χ0n) is 16.3. The standard InChI is InChI=1S/C20H32N6O/c1-2-21-20(22-10-7-14-26-15-8-11-24-26)23-17-18(19-9-6-16-27-19)25-12-4-3-5-13-25/h6,8-9,11,15-16,18H,2-5,7,10,12-14,17H2,1H3,(H2,21,22,23). The average Bonchev–Trinajstić information content (AvgIpc) is 3.40. The molecule has 1 aliphatic heterocycles. The highest BCUT2D eigenvalue weighted by molar-refractivity contribution is 5.79. The number of aromatic nitrogens is 2. The lowest BCUT2D eigenvalue weighted by molar-refractivity contribution is 0.150. The summed E-state index contributed by atoms with van der Waals surface area (Å²) in [5.41, 5.74) is 0. The average molecular weight is 373 g/mol. The third-order valence-corrected chi connectivity index (χ3v) is 4.89. The first-order chi connectivity index (χ1) is 13.4. The van der Waals surface area contributed by atoms with E-state index in [0.717, 1.165) is 50.9 Å². The Morgan fingerprint density at radius 3 is 2.85 bits per heavy atom. The number of furan rings is 1. The Labute approximate surface area is 161 Å². The Morgan fingerprint density at radius 1 is 1.26 bits per heavy atom. The number of guanidine groups is 1. The number of nitrogens with one attached hydrogen (secondary N) is 2. The van der Waals surface area contributed by atoms with Crippen LogP contribution in [0, 0.1) is 0 Å². The van der Waals surface area contributed by atoms with E-state index in [4.69, 9.17) is 9.41 Å². The lowest BCUT2D eigenvalue weighted by Gasteiger charge is -2.32. The second-order valence-electron chi connectivity index (χ2n) is 6.90. The summed E-state index contributed by atoms with van der Waals surface area (Å²) in [7, 11) is 0. The van der Waals surface area contributed by atoms with Gasteiger partial charge in [0.2, 0.25) is 0 Å². The van der Waals surface area contributed by atoms with Crippen LogP contribution >= 0.6 is 0 Å². The maximum Gasteiger partial charge on any atom is 0.191 e. The molecule has 0 radical (unpaired) electrons. The van der Waals surface area contributed by atoms with Crippen LogP contribution in [0.1, 0.15) is 44.4 Å². The Hall–Kier alpha value is -2.28. The summed E-state index contributed by atoms with van der Waals surface area (Å²) in [6.07, 6.45) is 10.4. The number of piperidine rings is 1. The Kier molecular flexibility index (Phi) is 7.77. The van der Waals surface area contributed by atoms with Crippen LogP contribution in [0.4, 0.5) is 0 Å². The minimum atomic E-state index is 0.208. The molecular weight excluding hydrogens is 340 g/mol. The number of likely N-dealkylation sites (tertiary alicyclic amines) is 1. The number of hydrogen-bond donors (Lipinski definition) is 2. The van der Waals surface area contributed by atoms with Crippen LogP contribution in [-0.2, 0) is 6.54 Å². The van der Waals surface area contributed by atoms with Gasteiger partial charge in [-0.05, 0) is 57.5 Å². The van der Waals surface area contributed by atoms with Crippen molar-refractivity contribution in [1.29, 1.82) is 0 Å². The first-order valence-corrected chi connectivity index (χ1v) is 10.1.